The summed E-state index contributed by atoms with van der Waals surface area (Å²) in [6.07, 6.45) is -7.67. The number of nitrogens with zero attached hydrogens (tertiary/aromatic N) is 4. The van der Waals surface area contributed by atoms with E-state index in [1.165, 1.54) is 7.11 Å². The molecule has 1 aliphatic heterocycles. The number of methoxy groups -OCH3 is 1. The fourth-order valence-corrected chi connectivity index (χ4v) is 3.71. The van der Waals surface area contributed by atoms with Gasteiger partial charge in [0.2, 0.25) is 17.9 Å². The monoisotopic (exact) mass is 487 g/mol. The van der Waals surface area contributed by atoms with E-state index in [4.69, 9.17) is 26.4 Å². The quantitative estimate of drug-likeness (QED) is 0.452. The number of hydrogen-bond acceptors (Lipinski definition) is 10. The lowest BCUT2D eigenvalue weighted by atomic mass is 10.1. The van der Waals surface area contributed by atoms with Gasteiger partial charge in [0.15, 0.2) is 17.4 Å². The normalized spacial score (nSPS) is 21.1. The van der Waals surface area contributed by atoms with Crippen LogP contribution in [0.25, 0.3) is 11.2 Å². The Balaban J connectivity index is 2.21. The van der Waals surface area contributed by atoms with Crippen molar-refractivity contribution in [3.05, 3.63) is 10.5 Å². The Bertz CT molecular complexity index is 1220. The van der Waals surface area contributed by atoms with Gasteiger partial charge in [-0.05, 0) is 0 Å². The molecule has 0 radical (unpaired) electrons. The summed E-state index contributed by atoms with van der Waals surface area (Å²) in [6.45, 7) is 1.56. The van der Waals surface area contributed by atoms with Crippen LogP contribution in [0.2, 0.25) is 0 Å². The number of ether oxygens (including phenoxy) is 4. The predicted octanol–water partition coefficient (Wildman–Crippen LogP) is 0.530. The van der Waals surface area contributed by atoms with Gasteiger partial charge in [0.05, 0.1) is 13.7 Å². The maximum Gasteiger partial charge on any atom is 0.428 e. The number of halogens is 3. The Morgan fingerprint density at radius 1 is 1.32 bits per heavy atom. The molecule has 0 aliphatic carbocycles. The molecule has 0 saturated carbocycles. The SMILES string of the molecule is C#CCn1c(=O)n([C@@H]2O[C@H](C(OC(C)=O)C(F)(F)F)C[C@H]2OC(C)=O)c2nc(N)nc(OC)c21. The minimum atomic E-state index is -5.01. The van der Waals surface area contributed by atoms with Crippen molar-refractivity contribution >= 4 is 29.1 Å². The summed E-state index contributed by atoms with van der Waals surface area (Å²) in [6, 6.07) is 0. The van der Waals surface area contributed by atoms with Crippen molar-refractivity contribution in [2.45, 2.75) is 57.5 Å². The van der Waals surface area contributed by atoms with Crippen molar-refractivity contribution in [2.75, 3.05) is 12.8 Å². The molecule has 184 valence electrons. The average molecular weight is 487 g/mol. The van der Waals surface area contributed by atoms with Gasteiger partial charge in [-0.3, -0.25) is 14.2 Å². The molecule has 0 amide bonds. The zero-order valence-corrected chi connectivity index (χ0v) is 18.2. The molecule has 1 fully saturated rings. The number of hydrogen-bond donors (Lipinski definition) is 1. The van der Waals surface area contributed by atoms with Crippen LogP contribution in [0.3, 0.4) is 0 Å². The smallest absolute Gasteiger partial charge is 0.428 e. The summed E-state index contributed by atoms with van der Waals surface area (Å²) in [4.78, 5) is 44.1. The zero-order chi connectivity index (χ0) is 25.4. The number of fused-ring (bicyclic) bond motifs is 1. The van der Waals surface area contributed by atoms with Crippen molar-refractivity contribution in [3.63, 3.8) is 0 Å². The topological polar surface area (TPSA) is 150 Å². The summed E-state index contributed by atoms with van der Waals surface area (Å²) in [5, 5.41) is 0. The summed E-state index contributed by atoms with van der Waals surface area (Å²) in [5.74, 6) is -0.216. The van der Waals surface area contributed by atoms with Crippen LogP contribution in [-0.2, 0) is 30.3 Å². The van der Waals surface area contributed by atoms with Crippen LogP contribution in [0.5, 0.6) is 5.88 Å². The van der Waals surface area contributed by atoms with Crippen molar-refractivity contribution in [1.29, 1.82) is 0 Å². The molecule has 3 heterocycles. The zero-order valence-electron chi connectivity index (χ0n) is 18.2. The van der Waals surface area contributed by atoms with Gasteiger partial charge in [0, 0.05) is 20.3 Å². The van der Waals surface area contributed by atoms with Gasteiger partial charge in [0.25, 0.3) is 0 Å². The van der Waals surface area contributed by atoms with Crippen molar-refractivity contribution < 1.29 is 41.7 Å². The summed E-state index contributed by atoms with van der Waals surface area (Å²) in [7, 11) is 1.25. The van der Waals surface area contributed by atoms with E-state index < -0.39 is 54.8 Å². The van der Waals surface area contributed by atoms with E-state index in [1.807, 2.05) is 0 Å². The van der Waals surface area contributed by atoms with Crippen LogP contribution in [0.15, 0.2) is 4.79 Å². The number of terminal acetylenes is 1. The summed E-state index contributed by atoms with van der Waals surface area (Å²) >= 11 is 0. The third kappa shape index (κ3) is 4.62. The molecule has 0 aromatic carbocycles. The highest BCUT2D eigenvalue weighted by Crippen LogP contribution is 2.39. The number of rotatable bonds is 6. The highest BCUT2D eigenvalue weighted by atomic mass is 19.4. The van der Waals surface area contributed by atoms with Gasteiger partial charge in [-0.2, -0.15) is 23.1 Å². The molecule has 3 rings (SSSR count). The molecular weight excluding hydrogens is 467 g/mol. The molecular formula is C19H20F3N5O7. The van der Waals surface area contributed by atoms with Gasteiger partial charge in [-0.15, -0.1) is 6.42 Å². The number of carbonyl (C=O) groups excluding carboxylic acids is 2. The van der Waals surface area contributed by atoms with Gasteiger partial charge in [0.1, 0.15) is 12.2 Å². The maximum atomic E-state index is 13.6. The Morgan fingerprint density at radius 3 is 2.53 bits per heavy atom. The minimum absolute atomic E-state index is 0.000586. The van der Waals surface area contributed by atoms with Crippen LogP contribution in [-0.4, -0.2) is 62.6 Å². The number of nitrogen functional groups attached to an aromatic ring is 1. The number of nitrogens with two attached hydrogens (primary N) is 1. The second-order valence-corrected chi connectivity index (χ2v) is 7.23. The molecule has 4 atom stereocenters. The molecule has 2 N–H and O–H groups in total. The number of carbonyl (C=O) groups is 2. The first-order valence-corrected chi connectivity index (χ1v) is 9.71. The molecule has 2 aromatic rings. The molecule has 1 unspecified atom stereocenters. The highest BCUT2D eigenvalue weighted by molar-refractivity contribution is 5.79. The van der Waals surface area contributed by atoms with Crippen LogP contribution >= 0.6 is 0 Å². The van der Waals surface area contributed by atoms with Gasteiger partial charge in [-0.1, -0.05) is 5.92 Å². The number of anilines is 1. The average Bonchev–Trinajstić information content (AvgIpc) is 3.22. The molecule has 1 saturated heterocycles. The van der Waals surface area contributed by atoms with Crippen molar-refractivity contribution in [1.82, 2.24) is 19.1 Å². The largest absolute Gasteiger partial charge is 0.479 e. The molecule has 1 aliphatic rings. The Hall–Kier alpha value is -3.80. The minimum Gasteiger partial charge on any atom is -0.479 e. The van der Waals surface area contributed by atoms with Crippen molar-refractivity contribution in [2.24, 2.45) is 0 Å². The lowest BCUT2D eigenvalue weighted by molar-refractivity contribution is -0.248. The molecule has 15 heteroatoms. The fraction of sp³-hybridized carbons (Fsp3) is 0.526. The van der Waals surface area contributed by atoms with Crippen LogP contribution in [0.4, 0.5) is 19.1 Å². The maximum absolute atomic E-state index is 13.6. The van der Waals surface area contributed by atoms with Gasteiger partial charge in [-0.25, -0.2) is 9.36 Å². The fourth-order valence-electron chi connectivity index (χ4n) is 3.71. The number of alkyl halides is 3. The molecule has 2 aromatic heterocycles. The van der Waals surface area contributed by atoms with Crippen LogP contribution < -0.4 is 16.2 Å². The van der Waals surface area contributed by atoms with Crippen LogP contribution in [0, 0.1) is 12.3 Å². The number of esters is 2. The summed E-state index contributed by atoms with van der Waals surface area (Å²) in [5.41, 5.74) is 4.67. The Labute approximate surface area is 189 Å². The van der Waals surface area contributed by atoms with E-state index in [0.717, 1.165) is 23.0 Å². The molecule has 34 heavy (non-hydrogen) atoms. The second kappa shape index (κ2) is 9.21. The highest BCUT2D eigenvalue weighted by Gasteiger charge is 2.54. The number of imidazole rings is 1. The van der Waals surface area contributed by atoms with E-state index in [9.17, 15) is 27.6 Å². The Morgan fingerprint density at radius 2 is 2.00 bits per heavy atom. The predicted molar refractivity (Wildman–Crippen MR) is 107 cm³/mol. The van der Waals surface area contributed by atoms with Gasteiger partial charge >= 0.3 is 23.8 Å². The number of aromatic nitrogens is 4. The lowest BCUT2D eigenvalue weighted by Gasteiger charge is -2.25. The van der Waals surface area contributed by atoms with Crippen molar-refractivity contribution in [3.8, 4) is 18.2 Å². The third-order valence-corrected chi connectivity index (χ3v) is 4.85. The van der Waals surface area contributed by atoms with E-state index in [0.29, 0.717) is 0 Å². The van der Waals surface area contributed by atoms with E-state index >= 15 is 0 Å². The first-order valence-electron chi connectivity index (χ1n) is 9.71. The Kier molecular flexibility index (Phi) is 6.73. The van der Waals surface area contributed by atoms with E-state index in [-0.39, 0.29) is 29.5 Å². The summed E-state index contributed by atoms with van der Waals surface area (Å²) < 4.78 is 63.0. The first-order chi connectivity index (χ1) is 15.9. The second-order valence-electron chi connectivity index (χ2n) is 7.23. The van der Waals surface area contributed by atoms with E-state index in [2.05, 4.69) is 20.6 Å². The lowest BCUT2D eigenvalue weighted by Crippen LogP contribution is -2.43. The van der Waals surface area contributed by atoms with Crippen LogP contribution in [0.1, 0.15) is 26.5 Å². The van der Waals surface area contributed by atoms with Gasteiger partial charge < -0.3 is 24.7 Å². The van der Waals surface area contributed by atoms with E-state index in [1.54, 1.807) is 0 Å². The third-order valence-electron chi connectivity index (χ3n) is 4.85. The molecule has 0 bridgehead atoms. The molecule has 12 nitrogen and oxygen atoms in total. The standard InChI is InChI=1S/C19H20F3N5O7/c1-5-6-26-12-14(24-17(23)25-15(12)31-4)27(18(26)30)16-11(32-8(2)28)7-10(34-16)13(19(20,21)22)33-9(3)29/h1,10-11,13,16H,6-7H2,2-4H3,(H2,23,24,25)/t10-,11+,13?,16+/m0/s1. The first kappa shape index (κ1) is 24.8. The molecule has 0 spiro atoms.